The molecule has 1 aliphatic heterocycles. The van der Waals surface area contributed by atoms with Crippen LogP contribution in [0.2, 0.25) is 0 Å². The van der Waals surface area contributed by atoms with E-state index in [1.54, 1.807) is 11.3 Å². The van der Waals surface area contributed by atoms with Crippen LogP contribution in [0.4, 0.5) is 0 Å². The Kier molecular flexibility index (Phi) is 4.32. The maximum Gasteiger partial charge on any atom is 0.0798 e. The number of ether oxygens (including phenoxy) is 1. The van der Waals surface area contributed by atoms with Gasteiger partial charge in [-0.1, -0.05) is 0 Å². The average Bonchev–Trinajstić information content (AvgIpc) is 2.74. The van der Waals surface area contributed by atoms with Gasteiger partial charge in [-0.15, -0.1) is 11.3 Å². The van der Waals surface area contributed by atoms with E-state index in [0.29, 0.717) is 6.04 Å². The molecule has 1 atom stereocenters. The number of hydrogen-bond donors (Lipinski definition) is 1. The largest absolute Gasteiger partial charge is 0.381 e. The van der Waals surface area contributed by atoms with Gasteiger partial charge in [0.05, 0.1) is 11.2 Å². The van der Waals surface area contributed by atoms with Crippen molar-refractivity contribution in [2.75, 3.05) is 20.3 Å². The predicted octanol–water partition coefficient (Wildman–Crippen LogP) is 2.53. The molecule has 3 nitrogen and oxygen atoms in total. The highest BCUT2D eigenvalue weighted by Gasteiger charge is 2.21. The lowest BCUT2D eigenvalue weighted by Gasteiger charge is -2.26. The van der Waals surface area contributed by atoms with Gasteiger partial charge >= 0.3 is 0 Å². The van der Waals surface area contributed by atoms with Gasteiger partial charge in [-0.25, -0.2) is 4.98 Å². The van der Waals surface area contributed by atoms with E-state index < -0.39 is 0 Å². The van der Waals surface area contributed by atoms with Crippen LogP contribution in [0.1, 0.15) is 35.9 Å². The zero-order valence-electron chi connectivity index (χ0n) is 10.0. The van der Waals surface area contributed by atoms with Crippen molar-refractivity contribution in [3.05, 3.63) is 16.1 Å². The van der Waals surface area contributed by atoms with Crippen LogP contribution in [0.5, 0.6) is 0 Å². The van der Waals surface area contributed by atoms with Crippen LogP contribution in [-0.2, 0) is 4.74 Å². The van der Waals surface area contributed by atoms with Crippen molar-refractivity contribution in [3.63, 3.8) is 0 Å². The average molecular weight is 240 g/mol. The van der Waals surface area contributed by atoms with Crippen molar-refractivity contribution in [1.29, 1.82) is 0 Å². The molecule has 0 bridgehead atoms. The number of hydrogen-bond acceptors (Lipinski definition) is 4. The van der Waals surface area contributed by atoms with Gasteiger partial charge in [-0.3, -0.25) is 0 Å². The Morgan fingerprint density at radius 2 is 2.31 bits per heavy atom. The number of aryl methyl sites for hydroxylation is 1. The Labute approximate surface area is 101 Å². The van der Waals surface area contributed by atoms with Gasteiger partial charge in [0.2, 0.25) is 0 Å². The highest BCUT2D eigenvalue weighted by atomic mass is 32.1. The fourth-order valence-corrected chi connectivity index (χ4v) is 3.24. The third kappa shape index (κ3) is 2.81. The van der Waals surface area contributed by atoms with E-state index >= 15 is 0 Å². The molecule has 0 spiro atoms. The van der Waals surface area contributed by atoms with E-state index in [1.165, 1.54) is 29.8 Å². The standard InChI is InChI=1S/C12H20N2OS/c1-9-12(16-8-14-9)11(13-2)7-10-3-5-15-6-4-10/h8,10-11,13H,3-7H2,1-2H3. The molecule has 1 fully saturated rings. The lowest BCUT2D eigenvalue weighted by Crippen LogP contribution is -2.23. The zero-order valence-corrected chi connectivity index (χ0v) is 10.8. The van der Waals surface area contributed by atoms with E-state index in [-0.39, 0.29) is 0 Å². The van der Waals surface area contributed by atoms with Crippen LogP contribution in [0.3, 0.4) is 0 Å². The lowest BCUT2D eigenvalue weighted by molar-refractivity contribution is 0.0609. The fraction of sp³-hybridized carbons (Fsp3) is 0.750. The molecule has 16 heavy (non-hydrogen) atoms. The van der Waals surface area contributed by atoms with Crippen molar-refractivity contribution in [3.8, 4) is 0 Å². The second-order valence-corrected chi connectivity index (χ2v) is 5.32. The molecule has 4 heteroatoms. The van der Waals surface area contributed by atoms with Crippen LogP contribution in [0.25, 0.3) is 0 Å². The Morgan fingerprint density at radius 3 is 2.88 bits per heavy atom. The summed E-state index contributed by atoms with van der Waals surface area (Å²) in [6.45, 7) is 3.96. The first kappa shape index (κ1) is 12.0. The second kappa shape index (κ2) is 5.75. The molecule has 1 aromatic heterocycles. The molecule has 0 saturated carbocycles. The molecule has 1 N–H and O–H groups in total. The summed E-state index contributed by atoms with van der Waals surface area (Å²) in [6, 6.07) is 0.468. The summed E-state index contributed by atoms with van der Waals surface area (Å²) in [7, 11) is 2.04. The highest BCUT2D eigenvalue weighted by molar-refractivity contribution is 7.09. The van der Waals surface area contributed by atoms with Gasteiger partial charge in [0.15, 0.2) is 0 Å². The van der Waals surface area contributed by atoms with E-state index in [4.69, 9.17) is 4.74 Å². The molecule has 1 unspecified atom stereocenters. The van der Waals surface area contributed by atoms with Gasteiger partial charge in [0.1, 0.15) is 0 Å². The maximum atomic E-state index is 5.40. The van der Waals surface area contributed by atoms with Crippen molar-refractivity contribution in [2.24, 2.45) is 5.92 Å². The number of nitrogens with one attached hydrogen (secondary N) is 1. The van der Waals surface area contributed by atoms with Gasteiger partial charge in [0, 0.05) is 24.1 Å². The van der Waals surface area contributed by atoms with Crippen LogP contribution >= 0.6 is 11.3 Å². The summed E-state index contributed by atoms with van der Waals surface area (Å²) in [5, 5.41) is 3.42. The van der Waals surface area contributed by atoms with Crippen LogP contribution in [0.15, 0.2) is 5.51 Å². The molecule has 2 heterocycles. The summed E-state index contributed by atoms with van der Waals surface area (Å²) in [5.74, 6) is 0.799. The first-order valence-electron chi connectivity index (χ1n) is 5.96. The van der Waals surface area contributed by atoms with Crippen LogP contribution < -0.4 is 5.32 Å². The molecule has 0 amide bonds. The molecular weight excluding hydrogens is 220 g/mol. The Hall–Kier alpha value is -0.450. The molecule has 1 aliphatic rings. The molecule has 0 radical (unpaired) electrons. The van der Waals surface area contributed by atoms with Gasteiger partial charge < -0.3 is 10.1 Å². The summed E-state index contributed by atoms with van der Waals surface area (Å²) in [5.41, 5.74) is 3.12. The SMILES string of the molecule is CNC(CC1CCOCC1)c1scnc1C. The Morgan fingerprint density at radius 1 is 1.56 bits per heavy atom. The third-order valence-corrected chi connectivity index (χ3v) is 4.40. The number of thiazole rings is 1. The van der Waals surface area contributed by atoms with E-state index in [2.05, 4.69) is 17.2 Å². The monoisotopic (exact) mass is 240 g/mol. The minimum atomic E-state index is 0.468. The van der Waals surface area contributed by atoms with E-state index in [0.717, 1.165) is 19.1 Å². The summed E-state index contributed by atoms with van der Waals surface area (Å²) in [6.07, 6.45) is 3.62. The fourth-order valence-electron chi connectivity index (χ4n) is 2.32. The van der Waals surface area contributed by atoms with Gasteiger partial charge in [0.25, 0.3) is 0 Å². The minimum absolute atomic E-state index is 0.468. The first-order chi connectivity index (χ1) is 7.81. The molecule has 90 valence electrons. The normalized spacial score (nSPS) is 19.9. The molecule has 1 aromatic rings. The molecule has 1 saturated heterocycles. The van der Waals surface area contributed by atoms with Crippen LogP contribution in [-0.4, -0.2) is 25.2 Å². The zero-order chi connectivity index (χ0) is 11.4. The molecule has 0 aromatic carbocycles. The first-order valence-corrected chi connectivity index (χ1v) is 6.84. The Balaban J connectivity index is 1.97. The number of rotatable bonds is 4. The number of aromatic nitrogens is 1. The maximum absolute atomic E-state index is 5.40. The summed E-state index contributed by atoms with van der Waals surface area (Å²) in [4.78, 5) is 5.73. The highest BCUT2D eigenvalue weighted by Crippen LogP contribution is 2.30. The van der Waals surface area contributed by atoms with Crippen LogP contribution in [0, 0.1) is 12.8 Å². The smallest absolute Gasteiger partial charge is 0.0798 e. The Bertz CT molecular complexity index is 321. The molecular formula is C12H20N2OS. The van der Waals surface area contributed by atoms with Crippen molar-refractivity contribution >= 4 is 11.3 Å². The predicted molar refractivity (Wildman–Crippen MR) is 66.8 cm³/mol. The second-order valence-electron chi connectivity index (χ2n) is 4.43. The van der Waals surface area contributed by atoms with Gasteiger partial charge in [-0.05, 0) is 39.2 Å². The van der Waals surface area contributed by atoms with Crippen molar-refractivity contribution in [1.82, 2.24) is 10.3 Å². The number of nitrogens with zero attached hydrogens (tertiary/aromatic N) is 1. The minimum Gasteiger partial charge on any atom is -0.381 e. The van der Waals surface area contributed by atoms with Gasteiger partial charge in [-0.2, -0.15) is 0 Å². The third-order valence-electron chi connectivity index (χ3n) is 3.36. The quantitative estimate of drug-likeness (QED) is 0.878. The van der Waals surface area contributed by atoms with E-state index in [9.17, 15) is 0 Å². The summed E-state index contributed by atoms with van der Waals surface area (Å²) >= 11 is 1.77. The topological polar surface area (TPSA) is 34.1 Å². The van der Waals surface area contributed by atoms with Crippen molar-refractivity contribution < 1.29 is 4.74 Å². The summed E-state index contributed by atoms with van der Waals surface area (Å²) < 4.78 is 5.40. The molecule has 0 aliphatic carbocycles. The van der Waals surface area contributed by atoms with Crippen molar-refractivity contribution in [2.45, 2.75) is 32.2 Å². The lowest BCUT2D eigenvalue weighted by atomic mass is 9.91. The molecule has 2 rings (SSSR count). The van der Waals surface area contributed by atoms with E-state index in [1.807, 2.05) is 12.6 Å².